The maximum atomic E-state index is 15.4. The second kappa shape index (κ2) is 12.4. The van der Waals surface area contributed by atoms with Crippen LogP contribution in [0.2, 0.25) is 0 Å². The fourth-order valence-corrected chi connectivity index (χ4v) is 4.56. The first-order chi connectivity index (χ1) is 17.2. The number of benzene rings is 4. The summed E-state index contributed by atoms with van der Waals surface area (Å²) in [7, 11) is 0. The van der Waals surface area contributed by atoms with Crippen LogP contribution in [0.25, 0.3) is 21.9 Å². The van der Waals surface area contributed by atoms with E-state index in [2.05, 4.69) is 74.2 Å². The lowest BCUT2D eigenvalue weighted by atomic mass is 9.97. The molecule has 0 bridgehead atoms. The van der Waals surface area contributed by atoms with E-state index in [1.54, 1.807) is 0 Å². The van der Waals surface area contributed by atoms with Gasteiger partial charge in [0.1, 0.15) is 5.82 Å². The zero-order chi connectivity index (χ0) is 24.5. The molecule has 0 saturated carbocycles. The van der Waals surface area contributed by atoms with Gasteiger partial charge in [-0.05, 0) is 65.6 Å². The number of rotatable bonds is 9. The Morgan fingerprint density at radius 1 is 0.600 bits per heavy atom. The summed E-state index contributed by atoms with van der Waals surface area (Å²) in [5.74, 6) is 6.30. The number of halogens is 1. The van der Waals surface area contributed by atoms with Crippen molar-refractivity contribution in [1.82, 2.24) is 0 Å². The molecular weight excluding hydrogens is 427 g/mol. The fraction of sp³-hybridized carbons (Fsp3) is 0.294. The predicted octanol–water partition coefficient (Wildman–Crippen LogP) is 9.51. The van der Waals surface area contributed by atoms with Gasteiger partial charge in [-0.2, -0.15) is 0 Å². The summed E-state index contributed by atoms with van der Waals surface area (Å²) in [6, 6.07) is 26.5. The minimum atomic E-state index is -0.166. The van der Waals surface area contributed by atoms with E-state index in [0.29, 0.717) is 10.9 Å². The zero-order valence-electron chi connectivity index (χ0n) is 21.0. The number of aryl methyl sites for hydroxylation is 2. The van der Waals surface area contributed by atoms with Gasteiger partial charge in [0, 0.05) is 22.1 Å². The lowest BCUT2D eigenvalue weighted by molar-refractivity contribution is 0.632. The first-order valence-corrected chi connectivity index (χ1v) is 13.1. The standard InChI is InChI=1S/C34H35F/c1-3-5-6-7-8-10-27-17-20-30(21-18-27)32-24-22-31-25-29(19-23-33(31)34(32)35)16-15-28-13-11-26(9-4-2)12-14-28/h11-14,17-25H,3-10H2,1-2H3. The lowest BCUT2D eigenvalue weighted by Gasteiger charge is -2.09. The second-order valence-corrected chi connectivity index (χ2v) is 9.42. The van der Waals surface area contributed by atoms with E-state index in [0.717, 1.165) is 41.3 Å². The summed E-state index contributed by atoms with van der Waals surface area (Å²) < 4.78 is 15.4. The quantitative estimate of drug-likeness (QED) is 0.172. The smallest absolute Gasteiger partial charge is 0.138 e. The second-order valence-electron chi connectivity index (χ2n) is 9.42. The van der Waals surface area contributed by atoms with Gasteiger partial charge in [-0.1, -0.05) is 112 Å². The Morgan fingerprint density at radius 3 is 2.00 bits per heavy atom. The number of fused-ring (bicyclic) bond motifs is 1. The van der Waals surface area contributed by atoms with Gasteiger partial charge in [0.2, 0.25) is 0 Å². The maximum absolute atomic E-state index is 15.4. The highest BCUT2D eigenvalue weighted by molar-refractivity contribution is 5.89. The van der Waals surface area contributed by atoms with Crippen LogP contribution in [0.3, 0.4) is 0 Å². The molecule has 0 amide bonds. The van der Waals surface area contributed by atoms with E-state index < -0.39 is 0 Å². The van der Waals surface area contributed by atoms with E-state index in [4.69, 9.17) is 0 Å². The van der Waals surface area contributed by atoms with Crippen molar-refractivity contribution in [2.75, 3.05) is 0 Å². The van der Waals surface area contributed by atoms with Crippen molar-refractivity contribution < 1.29 is 4.39 Å². The van der Waals surface area contributed by atoms with E-state index in [9.17, 15) is 0 Å². The molecule has 1 heteroatoms. The molecule has 0 unspecified atom stereocenters. The number of hydrogen-bond acceptors (Lipinski definition) is 0. The number of unbranched alkanes of at least 4 members (excludes halogenated alkanes) is 4. The Kier molecular flexibility index (Phi) is 8.74. The molecule has 4 aromatic rings. The minimum absolute atomic E-state index is 0.166. The molecule has 0 nitrogen and oxygen atoms in total. The van der Waals surface area contributed by atoms with Crippen LogP contribution in [0.15, 0.2) is 78.9 Å². The predicted molar refractivity (Wildman–Crippen MR) is 148 cm³/mol. The summed E-state index contributed by atoms with van der Waals surface area (Å²) in [4.78, 5) is 0. The van der Waals surface area contributed by atoms with Gasteiger partial charge < -0.3 is 0 Å². The Bertz CT molecular complexity index is 1300. The van der Waals surface area contributed by atoms with Crippen LogP contribution >= 0.6 is 0 Å². The molecule has 0 atom stereocenters. The normalized spacial score (nSPS) is 10.8. The molecule has 0 aliphatic heterocycles. The molecule has 0 aliphatic carbocycles. The van der Waals surface area contributed by atoms with E-state index in [1.807, 2.05) is 30.3 Å². The van der Waals surface area contributed by atoms with Gasteiger partial charge in [0.25, 0.3) is 0 Å². The van der Waals surface area contributed by atoms with Crippen LogP contribution in [0.4, 0.5) is 4.39 Å². The van der Waals surface area contributed by atoms with Gasteiger partial charge in [-0.3, -0.25) is 0 Å². The summed E-state index contributed by atoms with van der Waals surface area (Å²) in [6.45, 7) is 4.43. The van der Waals surface area contributed by atoms with E-state index >= 15 is 4.39 Å². The Hall–Kier alpha value is -3.37. The van der Waals surface area contributed by atoms with Gasteiger partial charge in [0.05, 0.1) is 0 Å². The minimum Gasteiger partial charge on any atom is -0.206 e. The molecule has 35 heavy (non-hydrogen) atoms. The fourth-order valence-electron chi connectivity index (χ4n) is 4.56. The van der Waals surface area contributed by atoms with Crippen LogP contribution < -0.4 is 0 Å². The van der Waals surface area contributed by atoms with Crippen molar-refractivity contribution in [3.05, 3.63) is 107 Å². The van der Waals surface area contributed by atoms with Gasteiger partial charge >= 0.3 is 0 Å². The third-order valence-electron chi connectivity index (χ3n) is 6.63. The van der Waals surface area contributed by atoms with Gasteiger partial charge in [-0.25, -0.2) is 4.39 Å². The molecule has 0 heterocycles. The SMILES string of the molecule is CCCCCCCc1ccc(-c2ccc3cc(C#Cc4ccc(CCC)cc4)ccc3c2F)cc1. The summed E-state index contributed by atoms with van der Waals surface area (Å²) in [5, 5.41) is 1.51. The molecule has 4 rings (SSSR count). The van der Waals surface area contributed by atoms with E-state index in [1.165, 1.54) is 43.2 Å². The van der Waals surface area contributed by atoms with E-state index in [-0.39, 0.29) is 5.82 Å². The van der Waals surface area contributed by atoms with Crippen molar-refractivity contribution >= 4 is 10.8 Å². The highest BCUT2D eigenvalue weighted by Gasteiger charge is 2.10. The Morgan fingerprint density at radius 2 is 1.26 bits per heavy atom. The number of hydrogen-bond donors (Lipinski definition) is 0. The van der Waals surface area contributed by atoms with Crippen LogP contribution in [-0.4, -0.2) is 0 Å². The molecule has 0 radical (unpaired) electrons. The van der Waals surface area contributed by atoms with Gasteiger partial charge in [-0.15, -0.1) is 0 Å². The first kappa shape index (κ1) is 24.7. The summed E-state index contributed by atoms with van der Waals surface area (Å²) in [6.07, 6.45) is 9.74. The largest absolute Gasteiger partial charge is 0.206 e. The van der Waals surface area contributed by atoms with Crippen molar-refractivity contribution in [3.63, 3.8) is 0 Å². The third kappa shape index (κ3) is 6.61. The average Bonchev–Trinajstić information content (AvgIpc) is 2.89. The monoisotopic (exact) mass is 462 g/mol. The van der Waals surface area contributed by atoms with Crippen molar-refractivity contribution in [2.24, 2.45) is 0 Å². The molecule has 4 aromatic carbocycles. The highest BCUT2D eigenvalue weighted by Crippen LogP contribution is 2.30. The van der Waals surface area contributed by atoms with Crippen LogP contribution in [-0.2, 0) is 12.8 Å². The third-order valence-corrected chi connectivity index (χ3v) is 6.63. The molecule has 0 fully saturated rings. The van der Waals surface area contributed by atoms with Crippen LogP contribution in [0.1, 0.15) is 74.6 Å². The lowest BCUT2D eigenvalue weighted by Crippen LogP contribution is -1.90. The Balaban J connectivity index is 1.47. The van der Waals surface area contributed by atoms with Crippen molar-refractivity contribution in [3.8, 4) is 23.0 Å². The first-order valence-electron chi connectivity index (χ1n) is 13.1. The average molecular weight is 463 g/mol. The highest BCUT2D eigenvalue weighted by atomic mass is 19.1. The molecule has 178 valence electrons. The molecule has 0 aromatic heterocycles. The Labute approximate surface area is 210 Å². The van der Waals surface area contributed by atoms with Gasteiger partial charge in [0.15, 0.2) is 0 Å². The zero-order valence-corrected chi connectivity index (χ0v) is 21.0. The maximum Gasteiger partial charge on any atom is 0.138 e. The molecule has 0 aliphatic rings. The van der Waals surface area contributed by atoms with Crippen molar-refractivity contribution in [1.29, 1.82) is 0 Å². The van der Waals surface area contributed by atoms with Crippen LogP contribution in [0, 0.1) is 17.7 Å². The van der Waals surface area contributed by atoms with Crippen LogP contribution in [0.5, 0.6) is 0 Å². The molecule has 0 spiro atoms. The topological polar surface area (TPSA) is 0 Å². The molecule has 0 saturated heterocycles. The summed E-state index contributed by atoms with van der Waals surface area (Å²) in [5.41, 5.74) is 6.13. The molecular formula is C34H35F. The summed E-state index contributed by atoms with van der Waals surface area (Å²) >= 11 is 0. The molecule has 0 N–H and O–H groups in total. The van der Waals surface area contributed by atoms with Crippen molar-refractivity contribution in [2.45, 2.75) is 65.2 Å².